The summed E-state index contributed by atoms with van der Waals surface area (Å²) in [6.07, 6.45) is 0. The number of aromatic nitrogens is 2. The van der Waals surface area contributed by atoms with E-state index in [9.17, 15) is 4.79 Å². The predicted molar refractivity (Wildman–Crippen MR) is 101 cm³/mol. The lowest BCUT2D eigenvalue weighted by molar-refractivity contribution is 0.0746. The molecule has 1 saturated heterocycles. The molecule has 2 heterocycles. The van der Waals surface area contributed by atoms with E-state index in [1.54, 1.807) is 30.0 Å². The Labute approximate surface area is 160 Å². The Hall–Kier alpha value is -1.76. The molecule has 25 heavy (non-hydrogen) atoms. The predicted octanol–water partition coefficient (Wildman–Crippen LogP) is 3.29. The van der Waals surface area contributed by atoms with Crippen molar-refractivity contribution in [3.05, 3.63) is 44.8 Å². The monoisotopic (exact) mass is 399 g/mol. The Morgan fingerprint density at radius 2 is 1.64 bits per heavy atom. The molecule has 1 aromatic carbocycles. The lowest BCUT2D eigenvalue weighted by Gasteiger charge is -2.36. The Morgan fingerprint density at radius 3 is 2.24 bits per heavy atom. The van der Waals surface area contributed by atoms with Crippen LogP contribution in [0.2, 0.25) is 15.2 Å². The average Bonchev–Trinajstić information content (AvgIpc) is 2.57. The van der Waals surface area contributed by atoms with E-state index >= 15 is 0 Å². The van der Waals surface area contributed by atoms with Gasteiger partial charge in [0.2, 0.25) is 0 Å². The first-order valence-corrected chi connectivity index (χ1v) is 8.78. The number of nitrogens with zero attached hydrogens (tertiary/aromatic N) is 4. The number of nitrogen functional groups attached to an aromatic ring is 1. The third kappa shape index (κ3) is 3.92. The number of piperazine rings is 1. The fraction of sp³-hybridized carbons (Fsp3) is 0.312. The molecule has 1 amide bonds. The van der Waals surface area contributed by atoms with Gasteiger partial charge >= 0.3 is 0 Å². The summed E-state index contributed by atoms with van der Waals surface area (Å²) in [5, 5.41) is 1.12. The molecule has 1 fully saturated rings. The number of hydrogen-bond acceptors (Lipinski definition) is 5. The standard InChI is InChI=1S/C16H16Cl3N5O/c1-9-21-14(19)13(20)15(22-9)23-2-4-24(5-3-23)16(25)10-6-11(17)8-12(18)7-10/h6-8H,2-5,20H2,1H3. The van der Waals surface area contributed by atoms with Gasteiger partial charge in [-0.2, -0.15) is 0 Å². The van der Waals surface area contributed by atoms with Crippen molar-refractivity contribution in [2.45, 2.75) is 6.92 Å². The van der Waals surface area contributed by atoms with Crippen LogP contribution in [-0.2, 0) is 0 Å². The summed E-state index contributed by atoms with van der Waals surface area (Å²) in [6, 6.07) is 4.84. The minimum atomic E-state index is -0.103. The number of hydrogen-bond donors (Lipinski definition) is 1. The van der Waals surface area contributed by atoms with E-state index in [0.717, 1.165) is 0 Å². The third-order valence-electron chi connectivity index (χ3n) is 3.97. The number of halogens is 3. The number of rotatable bonds is 2. The second kappa shape index (κ2) is 7.23. The van der Waals surface area contributed by atoms with E-state index < -0.39 is 0 Å². The molecule has 9 heteroatoms. The zero-order valence-corrected chi connectivity index (χ0v) is 15.7. The van der Waals surface area contributed by atoms with Crippen LogP contribution in [0.15, 0.2) is 18.2 Å². The highest BCUT2D eigenvalue weighted by molar-refractivity contribution is 6.35. The summed E-state index contributed by atoms with van der Waals surface area (Å²) in [7, 11) is 0. The zero-order chi connectivity index (χ0) is 18.1. The van der Waals surface area contributed by atoms with Gasteiger partial charge in [0, 0.05) is 41.8 Å². The first-order valence-electron chi connectivity index (χ1n) is 7.65. The molecule has 1 aromatic heterocycles. The topological polar surface area (TPSA) is 75.3 Å². The van der Waals surface area contributed by atoms with Gasteiger partial charge in [-0.15, -0.1) is 0 Å². The van der Waals surface area contributed by atoms with Crippen molar-refractivity contribution >= 4 is 52.2 Å². The molecule has 0 radical (unpaired) electrons. The van der Waals surface area contributed by atoms with Gasteiger partial charge in [0.15, 0.2) is 11.0 Å². The van der Waals surface area contributed by atoms with Gasteiger partial charge in [0.1, 0.15) is 11.5 Å². The van der Waals surface area contributed by atoms with Gasteiger partial charge in [0.25, 0.3) is 5.91 Å². The first-order chi connectivity index (χ1) is 11.8. The van der Waals surface area contributed by atoms with Gasteiger partial charge in [-0.05, 0) is 25.1 Å². The summed E-state index contributed by atoms with van der Waals surface area (Å²) in [5.74, 6) is 1.06. The normalized spacial score (nSPS) is 14.7. The largest absolute Gasteiger partial charge is 0.393 e. The van der Waals surface area contributed by atoms with E-state index in [1.165, 1.54) is 0 Å². The fourth-order valence-corrected chi connectivity index (χ4v) is 3.49. The van der Waals surface area contributed by atoms with Crippen LogP contribution in [0.1, 0.15) is 16.2 Å². The summed E-state index contributed by atoms with van der Waals surface area (Å²) in [5.41, 5.74) is 6.83. The lowest BCUT2D eigenvalue weighted by atomic mass is 10.2. The molecule has 0 saturated carbocycles. The van der Waals surface area contributed by atoms with Crippen molar-refractivity contribution in [2.75, 3.05) is 36.8 Å². The molecule has 0 spiro atoms. The first kappa shape index (κ1) is 18.0. The van der Waals surface area contributed by atoms with Crippen LogP contribution in [0.4, 0.5) is 11.5 Å². The molecule has 0 unspecified atom stereocenters. The van der Waals surface area contributed by atoms with Crippen LogP contribution in [0.3, 0.4) is 0 Å². The van der Waals surface area contributed by atoms with Crippen LogP contribution in [0.25, 0.3) is 0 Å². The molecule has 0 atom stereocenters. The number of carbonyl (C=O) groups excluding carboxylic acids is 1. The lowest BCUT2D eigenvalue weighted by Crippen LogP contribution is -2.49. The molecule has 3 rings (SSSR count). The van der Waals surface area contributed by atoms with Crippen molar-refractivity contribution in [1.29, 1.82) is 0 Å². The Balaban J connectivity index is 1.73. The minimum Gasteiger partial charge on any atom is -0.393 e. The van der Waals surface area contributed by atoms with E-state index in [-0.39, 0.29) is 11.1 Å². The molecule has 0 bridgehead atoms. The highest BCUT2D eigenvalue weighted by Crippen LogP contribution is 2.28. The summed E-state index contributed by atoms with van der Waals surface area (Å²) < 4.78 is 0. The molecule has 1 aliphatic rings. The number of benzene rings is 1. The second-order valence-corrected chi connectivity index (χ2v) is 6.97. The second-order valence-electron chi connectivity index (χ2n) is 5.74. The van der Waals surface area contributed by atoms with Gasteiger partial charge in [-0.25, -0.2) is 9.97 Å². The number of nitrogens with two attached hydrogens (primary N) is 1. The summed E-state index contributed by atoms with van der Waals surface area (Å²) >= 11 is 18.0. The van der Waals surface area contributed by atoms with Gasteiger partial charge in [-0.1, -0.05) is 34.8 Å². The van der Waals surface area contributed by atoms with Crippen LogP contribution in [0, 0.1) is 6.92 Å². The van der Waals surface area contributed by atoms with Crippen molar-refractivity contribution in [1.82, 2.24) is 14.9 Å². The minimum absolute atomic E-state index is 0.103. The number of anilines is 2. The fourth-order valence-electron chi connectivity index (χ4n) is 2.76. The van der Waals surface area contributed by atoms with E-state index in [1.807, 2.05) is 4.90 Å². The SMILES string of the molecule is Cc1nc(Cl)c(N)c(N2CCN(C(=O)c3cc(Cl)cc(Cl)c3)CC2)n1. The van der Waals surface area contributed by atoms with Crippen LogP contribution in [0.5, 0.6) is 0 Å². The molecule has 1 aliphatic heterocycles. The van der Waals surface area contributed by atoms with Gasteiger partial charge < -0.3 is 15.5 Å². The quantitative estimate of drug-likeness (QED) is 0.783. The molecule has 2 N–H and O–H groups in total. The Bertz CT molecular complexity index is 801. The third-order valence-corrected chi connectivity index (χ3v) is 4.69. The van der Waals surface area contributed by atoms with Gasteiger partial charge in [0.05, 0.1) is 0 Å². The van der Waals surface area contributed by atoms with Crippen molar-refractivity contribution in [3.63, 3.8) is 0 Å². The summed E-state index contributed by atoms with van der Waals surface area (Å²) in [4.78, 5) is 24.8. The molecular weight excluding hydrogens is 385 g/mol. The van der Waals surface area contributed by atoms with Crippen LogP contribution in [-0.4, -0.2) is 47.0 Å². The number of carbonyl (C=O) groups is 1. The molecular formula is C16H16Cl3N5O. The van der Waals surface area contributed by atoms with E-state index in [4.69, 9.17) is 40.5 Å². The van der Waals surface area contributed by atoms with Crippen molar-refractivity contribution in [3.8, 4) is 0 Å². The molecule has 132 valence electrons. The highest BCUT2D eigenvalue weighted by Gasteiger charge is 2.25. The molecule has 2 aromatic rings. The maximum atomic E-state index is 12.6. The Morgan fingerprint density at radius 1 is 1.04 bits per heavy atom. The maximum Gasteiger partial charge on any atom is 0.254 e. The maximum absolute atomic E-state index is 12.6. The zero-order valence-electron chi connectivity index (χ0n) is 13.5. The van der Waals surface area contributed by atoms with E-state index in [2.05, 4.69) is 9.97 Å². The highest BCUT2D eigenvalue weighted by atomic mass is 35.5. The van der Waals surface area contributed by atoms with Crippen LogP contribution >= 0.6 is 34.8 Å². The Kier molecular flexibility index (Phi) is 5.22. The smallest absolute Gasteiger partial charge is 0.254 e. The van der Waals surface area contributed by atoms with Crippen molar-refractivity contribution in [2.24, 2.45) is 0 Å². The average molecular weight is 401 g/mol. The van der Waals surface area contributed by atoms with Crippen molar-refractivity contribution < 1.29 is 4.79 Å². The number of aryl methyl sites for hydroxylation is 1. The molecule has 6 nitrogen and oxygen atoms in total. The van der Waals surface area contributed by atoms with Crippen LogP contribution < -0.4 is 10.6 Å². The molecule has 0 aliphatic carbocycles. The number of amides is 1. The summed E-state index contributed by atoms with van der Waals surface area (Å²) in [6.45, 7) is 4.01. The van der Waals surface area contributed by atoms with Gasteiger partial charge in [-0.3, -0.25) is 4.79 Å². The van der Waals surface area contributed by atoms with E-state index in [0.29, 0.717) is 59.1 Å².